The fourth-order valence-electron chi connectivity index (χ4n) is 1.76. The molecule has 0 N–H and O–H groups in total. The maximum atomic E-state index is 13.7. The van der Waals surface area contributed by atoms with Gasteiger partial charge in [-0.3, -0.25) is 0 Å². The second kappa shape index (κ2) is 7.85. The Morgan fingerprint density at radius 1 is 0.531 bits per heavy atom. The van der Waals surface area contributed by atoms with E-state index in [1.54, 1.807) is 0 Å². The molecule has 2 unspecified atom stereocenters. The van der Waals surface area contributed by atoms with E-state index in [4.69, 9.17) is 0 Å². The number of allylic oxidation sites excluding steroid dienone is 1. The monoisotopic (exact) mass is 548 g/mol. The number of alkyl halides is 18. The van der Waals surface area contributed by atoms with Crippen LogP contribution in [0.25, 0.3) is 0 Å². The van der Waals surface area contributed by atoms with Crippen LogP contribution in [0.3, 0.4) is 0 Å². The molecular weight excluding hydrogens is 548 g/mol. The first-order valence-electron chi connectivity index (χ1n) is 6.58. The maximum absolute atomic E-state index is 13.7. The first kappa shape index (κ1) is 30.6. The van der Waals surface area contributed by atoms with Crippen molar-refractivity contribution < 1.29 is 87.8 Å². The van der Waals surface area contributed by atoms with E-state index < -0.39 is 64.9 Å². The Morgan fingerprint density at radius 3 is 1.09 bits per heavy atom. The summed E-state index contributed by atoms with van der Waals surface area (Å²) in [6.07, 6.45) is -26.1. The van der Waals surface area contributed by atoms with Crippen molar-refractivity contribution in [1.82, 2.24) is 0 Å². The molecule has 0 spiro atoms. The Bertz CT molecular complexity index is 723. The van der Waals surface area contributed by atoms with Gasteiger partial charge in [-0.05, 0) is 0 Å². The zero-order valence-electron chi connectivity index (χ0n) is 13.5. The second-order valence-electron chi connectivity index (χ2n) is 5.56. The fourth-order valence-corrected chi connectivity index (χ4v) is 1.98. The molecule has 32 heavy (non-hydrogen) atoms. The molecular formula is C11HClF20. The number of halogens is 21. The molecule has 21 heteroatoms. The molecule has 192 valence electrons. The van der Waals surface area contributed by atoms with Crippen LogP contribution in [0, 0.1) is 0 Å². The van der Waals surface area contributed by atoms with E-state index in [1.165, 1.54) is 0 Å². The van der Waals surface area contributed by atoms with Crippen LogP contribution in [0.5, 0.6) is 0 Å². The molecule has 0 aromatic rings. The highest BCUT2D eigenvalue weighted by Gasteiger charge is 2.94. The highest BCUT2D eigenvalue weighted by Crippen LogP contribution is 2.65. The Hall–Kier alpha value is -1.37. The summed E-state index contributed by atoms with van der Waals surface area (Å²) in [5, 5.41) is -4.35. The average molecular weight is 549 g/mol. The summed E-state index contributed by atoms with van der Waals surface area (Å²) in [5.74, 6) is -43.1. The van der Waals surface area contributed by atoms with Crippen LogP contribution in [-0.2, 0) is 0 Å². The van der Waals surface area contributed by atoms with Gasteiger partial charge in [0.2, 0.25) is 0 Å². The molecule has 0 nitrogen and oxygen atoms in total. The zero-order chi connectivity index (χ0) is 26.7. The van der Waals surface area contributed by atoms with Crippen LogP contribution in [-0.4, -0.2) is 53.8 Å². The molecule has 0 saturated heterocycles. The summed E-state index contributed by atoms with van der Waals surface area (Å²) in [6, 6.07) is 0. The number of hydrogen-bond acceptors (Lipinski definition) is 0. The summed E-state index contributed by atoms with van der Waals surface area (Å²) in [5.41, 5.74) is -7.89. The highest BCUT2D eigenvalue weighted by atomic mass is 35.5. The minimum Gasteiger partial charge on any atom is -0.230 e. The fraction of sp³-hybridized carbons (Fsp3) is 0.818. The molecule has 0 heterocycles. The normalized spacial score (nSPS) is 18.3. The van der Waals surface area contributed by atoms with Crippen LogP contribution in [0.2, 0.25) is 0 Å². The van der Waals surface area contributed by atoms with Crippen molar-refractivity contribution in [2.45, 2.75) is 53.8 Å². The molecule has 0 radical (unpaired) electrons. The van der Waals surface area contributed by atoms with E-state index in [0.29, 0.717) is 0 Å². The lowest BCUT2D eigenvalue weighted by molar-refractivity contribution is -0.437. The smallest absolute Gasteiger partial charge is 0.230 e. The topological polar surface area (TPSA) is 0 Å². The summed E-state index contributed by atoms with van der Waals surface area (Å²) in [6.45, 7) is 0. The van der Waals surface area contributed by atoms with Gasteiger partial charge >= 0.3 is 47.6 Å². The van der Waals surface area contributed by atoms with Crippen molar-refractivity contribution in [3.63, 3.8) is 0 Å². The Labute approximate surface area is 165 Å². The Morgan fingerprint density at radius 2 is 0.844 bits per heavy atom. The second-order valence-corrected chi connectivity index (χ2v) is 5.93. The molecule has 0 aliphatic heterocycles. The van der Waals surface area contributed by atoms with Crippen molar-refractivity contribution in [1.29, 1.82) is 0 Å². The van der Waals surface area contributed by atoms with Gasteiger partial charge in [0.25, 0.3) is 12.3 Å². The minimum absolute atomic E-state index is 3.79. The lowest BCUT2D eigenvalue weighted by atomic mass is 9.84. The van der Waals surface area contributed by atoms with E-state index in [2.05, 4.69) is 11.6 Å². The number of hydrogen-bond donors (Lipinski definition) is 0. The van der Waals surface area contributed by atoms with Gasteiger partial charge in [0, 0.05) is 0 Å². The van der Waals surface area contributed by atoms with E-state index in [0.717, 1.165) is 0 Å². The SMILES string of the molecule is FC(F)=C(Cl)C(F)(C(F)(F)F)C(F)(F)C(F)(F)C(F)(F)C(F)(F)C(F)(F)C(F)C(F)(F)F. The summed E-state index contributed by atoms with van der Waals surface area (Å²) < 4.78 is 256. The van der Waals surface area contributed by atoms with Crippen LogP contribution in [0.4, 0.5) is 87.8 Å². The molecule has 0 aliphatic carbocycles. The van der Waals surface area contributed by atoms with E-state index in [1.807, 2.05) is 0 Å². The van der Waals surface area contributed by atoms with Crippen LogP contribution < -0.4 is 0 Å². The van der Waals surface area contributed by atoms with Crippen molar-refractivity contribution in [2.24, 2.45) is 0 Å². The largest absolute Gasteiger partial charge is 0.434 e. The van der Waals surface area contributed by atoms with Gasteiger partial charge in [-0.2, -0.15) is 79.0 Å². The molecule has 0 aliphatic rings. The summed E-state index contributed by atoms with van der Waals surface area (Å²) in [7, 11) is 0. The van der Waals surface area contributed by atoms with Crippen LogP contribution >= 0.6 is 11.6 Å². The zero-order valence-corrected chi connectivity index (χ0v) is 14.3. The third kappa shape index (κ3) is 3.92. The van der Waals surface area contributed by atoms with Gasteiger partial charge in [-0.25, -0.2) is 8.78 Å². The third-order valence-electron chi connectivity index (χ3n) is 3.50. The molecule has 0 aromatic heterocycles. The molecule has 0 bridgehead atoms. The molecule has 0 rings (SSSR count). The van der Waals surface area contributed by atoms with E-state index in [-0.39, 0.29) is 0 Å². The van der Waals surface area contributed by atoms with Gasteiger partial charge in [-0.1, -0.05) is 11.6 Å². The van der Waals surface area contributed by atoms with Gasteiger partial charge in [-0.15, -0.1) is 0 Å². The standard InChI is InChI=1S/C11HClF20/c12-1(2(13)14)4(16,11(30,31)32)7(22,23)9(26,27)10(28,29)8(24,25)5(17,18)3(15)6(19,20)21/h3H. The maximum Gasteiger partial charge on any atom is 0.434 e. The predicted molar refractivity (Wildman–Crippen MR) is 60.7 cm³/mol. The van der Waals surface area contributed by atoms with Gasteiger partial charge in [0.05, 0.1) is 0 Å². The minimum atomic E-state index is -8.88. The van der Waals surface area contributed by atoms with Gasteiger partial charge in [0.1, 0.15) is 5.03 Å². The van der Waals surface area contributed by atoms with Crippen molar-refractivity contribution in [3.8, 4) is 0 Å². The van der Waals surface area contributed by atoms with Crippen molar-refractivity contribution in [3.05, 3.63) is 11.1 Å². The van der Waals surface area contributed by atoms with E-state index in [9.17, 15) is 87.8 Å². The van der Waals surface area contributed by atoms with Crippen molar-refractivity contribution in [2.75, 3.05) is 0 Å². The first-order chi connectivity index (χ1) is 13.5. The molecule has 0 amide bonds. The lowest BCUT2D eigenvalue weighted by Gasteiger charge is -2.44. The van der Waals surface area contributed by atoms with Gasteiger partial charge < -0.3 is 0 Å². The highest BCUT2D eigenvalue weighted by molar-refractivity contribution is 6.31. The number of rotatable bonds is 7. The Kier molecular flexibility index (Phi) is 7.51. The van der Waals surface area contributed by atoms with Crippen molar-refractivity contribution >= 4 is 11.6 Å². The molecule has 0 fully saturated rings. The van der Waals surface area contributed by atoms with Gasteiger partial charge in [0.15, 0.2) is 0 Å². The first-order valence-corrected chi connectivity index (χ1v) is 6.95. The molecule has 2 atom stereocenters. The Balaban J connectivity index is 7.15. The quantitative estimate of drug-likeness (QED) is 0.286. The molecule has 0 saturated carbocycles. The third-order valence-corrected chi connectivity index (χ3v) is 3.90. The van der Waals surface area contributed by atoms with Crippen LogP contribution in [0.15, 0.2) is 11.1 Å². The molecule has 0 aromatic carbocycles. The summed E-state index contributed by atoms with van der Waals surface area (Å²) in [4.78, 5) is 0. The summed E-state index contributed by atoms with van der Waals surface area (Å²) >= 11 is 3.79. The lowest BCUT2D eigenvalue weighted by Crippen LogP contribution is -2.75. The average Bonchev–Trinajstić information content (AvgIpc) is 2.56. The predicted octanol–water partition coefficient (Wildman–Crippen LogP) is 7.68. The van der Waals surface area contributed by atoms with E-state index >= 15 is 0 Å². The van der Waals surface area contributed by atoms with Crippen LogP contribution in [0.1, 0.15) is 0 Å².